The van der Waals surface area contributed by atoms with Crippen molar-refractivity contribution < 1.29 is 14.5 Å². The van der Waals surface area contributed by atoms with Gasteiger partial charge in [-0.05, 0) is 25.0 Å². The summed E-state index contributed by atoms with van der Waals surface area (Å²) >= 11 is 0. The second kappa shape index (κ2) is 5.40. The van der Waals surface area contributed by atoms with Crippen molar-refractivity contribution in [1.82, 2.24) is 0 Å². The summed E-state index contributed by atoms with van der Waals surface area (Å²) in [7, 11) is 0. The number of amides is 1. The van der Waals surface area contributed by atoms with Crippen molar-refractivity contribution >= 4 is 23.1 Å². The Balaban J connectivity index is 2.44. The van der Waals surface area contributed by atoms with E-state index in [1.165, 1.54) is 17.0 Å². The molecule has 1 heterocycles. The fourth-order valence-electron chi connectivity index (χ4n) is 2.48. The second-order valence-electron chi connectivity index (χ2n) is 4.83. The molecule has 1 aromatic carbocycles. The van der Waals surface area contributed by atoms with Gasteiger partial charge in [0.2, 0.25) is 5.91 Å². The minimum Gasteiger partial charge on any atom is -0.302 e. The van der Waals surface area contributed by atoms with E-state index >= 15 is 0 Å². The van der Waals surface area contributed by atoms with E-state index in [0.29, 0.717) is 18.5 Å². The smallest absolute Gasteiger partial charge is 0.269 e. The van der Waals surface area contributed by atoms with Crippen LogP contribution in [-0.4, -0.2) is 22.7 Å². The first-order valence-electron chi connectivity index (χ1n) is 6.57. The highest BCUT2D eigenvalue weighted by Crippen LogP contribution is 2.32. The minimum atomic E-state index is -0.534. The lowest BCUT2D eigenvalue weighted by molar-refractivity contribution is -0.384. The van der Waals surface area contributed by atoms with Crippen LogP contribution in [0.1, 0.15) is 32.3 Å². The van der Waals surface area contributed by atoms with E-state index in [1.54, 1.807) is 19.9 Å². The number of hydrogen-bond donors (Lipinski definition) is 0. The molecule has 0 spiro atoms. The van der Waals surface area contributed by atoms with Crippen LogP contribution in [0.2, 0.25) is 0 Å². The van der Waals surface area contributed by atoms with Crippen LogP contribution in [0.3, 0.4) is 0 Å². The molecule has 0 bridgehead atoms. The Morgan fingerprint density at radius 2 is 2.15 bits per heavy atom. The number of nitro groups is 1. The highest BCUT2D eigenvalue weighted by atomic mass is 16.6. The Labute approximate surface area is 116 Å². The lowest BCUT2D eigenvalue weighted by atomic mass is 9.97. The normalized spacial score (nSPS) is 15.7. The molecule has 1 aliphatic heterocycles. The van der Waals surface area contributed by atoms with E-state index in [0.717, 1.165) is 5.56 Å². The monoisotopic (exact) mass is 276 g/mol. The summed E-state index contributed by atoms with van der Waals surface area (Å²) in [5.41, 5.74) is 1.36. The number of benzene rings is 1. The van der Waals surface area contributed by atoms with Crippen LogP contribution in [0.25, 0.3) is 0 Å². The van der Waals surface area contributed by atoms with Crippen molar-refractivity contribution in [2.24, 2.45) is 0 Å². The number of carbonyl (C=O) groups is 2. The molecule has 0 saturated heterocycles. The Morgan fingerprint density at radius 3 is 2.75 bits per heavy atom. The second-order valence-corrected chi connectivity index (χ2v) is 4.83. The van der Waals surface area contributed by atoms with E-state index in [9.17, 15) is 19.7 Å². The molecule has 0 fully saturated rings. The molecule has 0 N–H and O–H groups in total. The average molecular weight is 276 g/mol. The molecule has 1 aromatic rings. The highest BCUT2D eigenvalue weighted by Gasteiger charge is 2.31. The van der Waals surface area contributed by atoms with Gasteiger partial charge in [0, 0.05) is 30.7 Å². The lowest BCUT2D eigenvalue weighted by Gasteiger charge is -2.33. The molecule has 1 aliphatic rings. The number of hydrogen-bond acceptors (Lipinski definition) is 4. The summed E-state index contributed by atoms with van der Waals surface area (Å²) in [6, 6.07) is 3.88. The predicted molar refractivity (Wildman–Crippen MR) is 73.7 cm³/mol. The summed E-state index contributed by atoms with van der Waals surface area (Å²) in [5.74, 6) is -0.134. The first-order valence-corrected chi connectivity index (χ1v) is 6.57. The number of rotatable bonds is 4. The SMILES string of the molecule is CCC(=O)C(C)N1C(=O)CCc2cc([N+](=O)[O-])ccc21. The molecule has 20 heavy (non-hydrogen) atoms. The molecule has 0 saturated carbocycles. The van der Waals surface area contributed by atoms with Crippen molar-refractivity contribution in [1.29, 1.82) is 0 Å². The first kappa shape index (κ1) is 14.2. The Morgan fingerprint density at radius 1 is 1.45 bits per heavy atom. The largest absolute Gasteiger partial charge is 0.302 e. The molecule has 1 unspecified atom stereocenters. The maximum absolute atomic E-state index is 12.1. The summed E-state index contributed by atoms with van der Waals surface area (Å²) in [6.45, 7) is 3.45. The number of non-ortho nitro benzene ring substituents is 1. The van der Waals surface area contributed by atoms with Crippen molar-refractivity contribution in [2.75, 3.05) is 4.90 Å². The first-order chi connectivity index (χ1) is 9.45. The van der Waals surface area contributed by atoms with Crippen LogP contribution in [0.4, 0.5) is 11.4 Å². The number of Topliss-reactive ketones (excluding diaryl/α,β-unsaturated/α-hetero) is 1. The fourth-order valence-corrected chi connectivity index (χ4v) is 2.48. The van der Waals surface area contributed by atoms with Gasteiger partial charge in [-0.25, -0.2) is 0 Å². The lowest BCUT2D eigenvalue weighted by Crippen LogP contribution is -2.45. The Hall–Kier alpha value is -2.24. The number of ketones is 1. The van der Waals surface area contributed by atoms with Gasteiger partial charge < -0.3 is 4.90 Å². The topological polar surface area (TPSA) is 80.5 Å². The van der Waals surface area contributed by atoms with Crippen LogP contribution < -0.4 is 4.90 Å². The fraction of sp³-hybridized carbons (Fsp3) is 0.429. The van der Waals surface area contributed by atoms with E-state index in [2.05, 4.69) is 0 Å². The van der Waals surface area contributed by atoms with Gasteiger partial charge in [-0.1, -0.05) is 6.92 Å². The van der Waals surface area contributed by atoms with Gasteiger partial charge in [0.1, 0.15) is 0 Å². The Kier molecular flexibility index (Phi) is 3.83. The van der Waals surface area contributed by atoms with E-state index in [1.807, 2.05) is 0 Å². The number of anilines is 1. The minimum absolute atomic E-state index is 0.00696. The molecule has 1 amide bonds. The number of carbonyl (C=O) groups excluding carboxylic acids is 2. The van der Waals surface area contributed by atoms with Gasteiger partial charge >= 0.3 is 0 Å². The van der Waals surface area contributed by atoms with Crippen LogP contribution in [0.5, 0.6) is 0 Å². The zero-order valence-electron chi connectivity index (χ0n) is 11.5. The summed E-state index contributed by atoms with van der Waals surface area (Å²) < 4.78 is 0. The third kappa shape index (κ3) is 2.41. The molecule has 0 aromatic heterocycles. The van der Waals surface area contributed by atoms with E-state index in [4.69, 9.17) is 0 Å². The van der Waals surface area contributed by atoms with Gasteiger partial charge in [0.25, 0.3) is 5.69 Å². The molecule has 0 aliphatic carbocycles. The van der Waals surface area contributed by atoms with Crippen LogP contribution in [-0.2, 0) is 16.0 Å². The molecule has 6 heteroatoms. The molecule has 1 atom stereocenters. The van der Waals surface area contributed by atoms with Crippen LogP contribution >= 0.6 is 0 Å². The highest BCUT2D eigenvalue weighted by molar-refractivity contribution is 6.03. The van der Waals surface area contributed by atoms with E-state index < -0.39 is 11.0 Å². The summed E-state index contributed by atoms with van der Waals surface area (Å²) in [5, 5.41) is 10.8. The zero-order valence-corrected chi connectivity index (χ0v) is 11.5. The molecular formula is C14H16N2O4. The summed E-state index contributed by atoms with van der Waals surface area (Å²) in [4.78, 5) is 35.7. The molecule has 6 nitrogen and oxygen atoms in total. The maximum Gasteiger partial charge on any atom is 0.269 e. The molecule has 106 valence electrons. The number of aryl methyl sites for hydroxylation is 1. The van der Waals surface area contributed by atoms with Crippen molar-refractivity contribution in [3.05, 3.63) is 33.9 Å². The molecule has 0 radical (unpaired) electrons. The third-order valence-corrected chi connectivity index (χ3v) is 3.61. The summed E-state index contributed by atoms with van der Waals surface area (Å²) in [6.07, 6.45) is 1.10. The maximum atomic E-state index is 12.1. The van der Waals surface area contributed by atoms with E-state index in [-0.39, 0.29) is 23.8 Å². The van der Waals surface area contributed by atoms with Gasteiger partial charge in [-0.2, -0.15) is 0 Å². The van der Waals surface area contributed by atoms with Crippen molar-refractivity contribution in [3.63, 3.8) is 0 Å². The standard InChI is InChI=1S/C14H16N2O4/c1-3-13(17)9(2)15-12-6-5-11(16(19)20)8-10(12)4-7-14(15)18/h5-6,8-9H,3-4,7H2,1-2H3. The van der Waals surface area contributed by atoms with Gasteiger partial charge in [0.15, 0.2) is 5.78 Å². The van der Waals surface area contributed by atoms with Crippen molar-refractivity contribution in [3.8, 4) is 0 Å². The number of nitro benzene ring substituents is 1. The predicted octanol–water partition coefficient (Wildman–Crippen LogP) is 2.24. The van der Waals surface area contributed by atoms with Crippen molar-refractivity contribution in [2.45, 2.75) is 39.2 Å². The Bertz CT molecular complexity index is 583. The molecule has 2 rings (SSSR count). The number of fused-ring (bicyclic) bond motifs is 1. The van der Waals surface area contributed by atoms with Gasteiger partial charge in [-0.15, -0.1) is 0 Å². The van der Waals surface area contributed by atoms with Gasteiger partial charge in [-0.3, -0.25) is 19.7 Å². The quantitative estimate of drug-likeness (QED) is 0.624. The molecular weight excluding hydrogens is 260 g/mol. The van der Waals surface area contributed by atoms with Crippen LogP contribution in [0.15, 0.2) is 18.2 Å². The third-order valence-electron chi connectivity index (χ3n) is 3.61. The zero-order chi connectivity index (χ0) is 14.9. The van der Waals surface area contributed by atoms with Gasteiger partial charge in [0.05, 0.1) is 11.0 Å². The van der Waals surface area contributed by atoms with Crippen LogP contribution in [0, 0.1) is 10.1 Å². The average Bonchev–Trinajstić information content (AvgIpc) is 2.45. The number of nitrogens with zero attached hydrogens (tertiary/aromatic N) is 2.